The number of ketones is 1. The lowest BCUT2D eigenvalue weighted by Crippen LogP contribution is -2.28. The Balaban J connectivity index is 1.92. The Hall–Kier alpha value is -3.49. The number of methoxy groups -OCH3 is 1. The summed E-state index contributed by atoms with van der Waals surface area (Å²) in [5, 5.41) is 23.5. The van der Waals surface area contributed by atoms with Crippen molar-refractivity contribution in [3.63, 3.8) is 0 Å². The van der Waals surface area contributed by atoms with Crippen molar-refractivity contribution >= 4 is 40.4 Å². The van der Waals surface area contributed by atoms with Crippen LogP contribution in [0.25, 0.3) is 5.76 Å². The highest BCUT2D eigenvalue weighted by molar-refractivity contribution is 7.09. The van der Waals surface area contributed by atoms with Crippen LogP contribution in [0.3, 0.4) is 0 Å². The van der Waals surface area contributed by atoms with E-state index in [9.17, 15) is 19.8 Å². The van der Waals surface area contributed by atoms with Gasteiger partial charge in [0.2, 0.25) is 0 Å². The molecule has 2 heterocycles. The molecule has 2 N–H and O–H groups in total. The zero-order valence-electron chi connectivity index (χ0n) is 18.4. The number of thiophene rings is 1. The Morgan fingerprint density at radius 1 is 1.18 bits per heavy atom. The highest BCUT2D eigenvalue weighted by atomic mass is 35.5. The summed E-state index contributed by atoms with van der Waals surface area (Å²) >= 11 is 7.78. The lowest BCUT2D eigenvalue weighted by Gasteiger charge is -2.25. The van der Waals surface area contributed by atoms with E-state index >= 15 is 0 Å². The quantitative estimate of drug-likeness (QED) is 0.265. The van der Waals surface area contributed by atoms with E-state index in [1.54, 1.807) is 31.2 Å². The van der Waals surface area contributed by atoms with Crippen LogP contribution in [-0.2, 0) is 16.1 Å². The lowest BCUT2D eigenvalue weighted by atomic mass is 9.95. The van der Waals surface area contributed by atoms with Gasteiger partial charge < -0.3 is 24.6 Å². The Morgan fingerprint density at radius 2 is 1.97 bits per heavy atom. The largest absolute Gasteiger partial charge is 0.507 e. The number of benzene rings is 2. The SMILES string of the molecule is CCOc1cc(C2/C(=C(\O)c3cc(OC)ccc3Cl)C(=O)C(=O)N2Cc2cccs2)ccc1O. The molecule has 0 spiro atoms. The topological polar surface area (TPSA) is 96.3 Å². The summed E-state index contributed by atoms with van der Waals surface area (Å²) in [5.41, 5.74) is 0.561. The molecule has 3 aromatic rings. The summed E-state index contributed by atoms with van der Waals surface area (Å²) in [4.78, 5) is 28.6. The zero-order chi connectivity index (χ0) is 24.4. The molecule has 1 fully saturated rings. The number of aromatic hydroxyl groups is 1. The van der Waals surface area contributed by atoms with E-state index in [1.807, 2.05) is 17.5 Å². The minimum Gasteiger partial charge on any atom is -0.507 e. The van der Waals surface area contributed by atoms with E-state index in [4.69, 9.17) is 21.1 Å². The number of aliphatic hydroxyl groups excluding tert-OH is 1. The molecule has 1 atom stereocenters. The highest BCUT2D eigenvalue weighted by Crippen LogP contribution is 2.43. The molecule has 7 nitrogen and oxygen atoms in total. The third-order valence-electron chi connectivity index (χ3n) is 5.47. The van der Waals surface area contributed by atoms with Crippen LogP contribution in [0.4, 0.5) is 0 Å². The number of carbonyl (C=O) groups is 2. The minimum atomic E-state index is -0.927. The normalized spacial score (nSPS) is 17.3. The molecule has 1 amide bonds. The molecule has 0 radical (unpaired) electrons. The monoisotopic (exact) mass is 499 g/mol. The van der Waals surface area contributed by atoms with Gasteiger partial charge in [0.05, 0.1) is 36.9 Å². The van der Waals surface area contributed by atoms with Crippen molar-refractivity contribution in [2.75, 3.05) is 13.7 Å². The highest BCUT2D eigenvalue weighted by Gasteiger charge is 2.46. The number of hydrogen-bond acceptors (Lipinski definition) is 7. The van der Waals surface area contributed by atoms with Gasteiger partial charge in [0, 0.05) is 10.4 Å². The lowest BCUT2D eigenvalue weighted by molar-refractivity contribution is -0.140. The fourth-order valence-corrected chi connectivity index (χ4v) is 4.80. The van der Waals surface area contributed by atoms with Crippen molar-refractivity contribution in [2.45, 2.75) is 19.5 Å². The van der Waals surface area contributed by atoms with Crippen molar-refractivity contribution < 1.29 is 29.3 Å². The van der Waals surface area contributed by atoms with Crippen LogP contribution in [0, 0.1) is 0 Å². The van der Waals surface area contributed by atoms with Crippen LogP contribution in [0.5, 0.6) is 17.2 Å². The fraction of sp³-hybridized carbons (Fsp3) is 0.200. The molecular formula is C25H22ClNO6S. The molecule has 34 heavy (non-hydrogen) atoms. The van der Waals surface area contributed by atoms with Crippen molar-refractivity contribution in [2.24, 2.45) is 0 Å². The second-order valence-electron chi connectivity index (χ2n) is 7.51. The number of amides is 1. The van der Waals surface area contributed by atoms with Crippen LogP contribution >= 0.6 is 22.9 Å². The van der Waals surface area contributed by atoms with Crippen molar-refractivity contribution in [3.8, 4) is 17.2 Å². The van der Waals surface area contributed by atoms with Crippen LogP contribution in [0.15, 0.2) is 59.5 Å². The summed E-state index contributed by atoms with van der Waals surface area (Å²) in [6, 6.07) is 12.1. The molecule has 1 aliphatic rings. The molecular weight excluding hydrogens is 478 g/mol. The average molecular weight is 500 g/mol. The Morgan fingerprint density at radius 3 is 2.65 bits per heavy atom. The predicted octanol–water partition coefficient (Wildman–Crippen LogP) is 5.14. The van der Waals surface area contributed by atoms with Gasteiger partial charge in [-0.1, -0.05) is 23.7 Å². The summed E-state index contributed by atoms with van der Waals surface area (Å²) in [6.45, 7) is 2.26. The summed E-state index contributed by atoms with van der Waals surface area (Å²) in [6.07, 6.45) is 0. The van der Waals surface area contributed by atoms with Crippen molar-refractivity contribution in [1.82, 2.24) is 4.90 Å². The number of likely N-dealkylation sites (tertiary alicyclic amines) is 1. The number of rotatable bonds is 7. The van der Waals surface area contributed by atoms with Crippen LogP contribution in [0.2, 0.25) is 5.02 Å². The first-order valence-corrected chi connectivity index (χ1v) is 11.7. The number of phenolic OH excluding ortho intramolecular Hbond substituents is 1. The van der Waals surface area contributed by atoms with Crippen molar-refractivity contribution in [3.05, 3.63) is 80.5 Å². The van der Waals surface area contributed by atoms with Crippen LogP contribution in [0.1, 0.15) is 29.0 Å². The summed E-state index contributed by atoms with van der Waals surface area (Å²) in [7, 11) is 1.47. The molecule has 1 aromatic heterocycles. The van der Waals surface area contributed by atoms with Gasteiger partial charge in [-0.15, -0.1) is 11.3 Å². The molecule has 0 saturated carbocycles. The number of hydrogen-bond donors (Lipinski definition) is 2. The zero-order valence-corrected chi connectivity index (χ0v) is 20.0. The number of ether oxygens (including phenoxy) is 2. The van der Waals surface area contributed by atoms with Crippen molar-refractivity contribution in [1.29, 1.82) is 0 Å². The van der Waals surface area contributed by atoms with E-state index in [0.29, 0.717) is 17.9 Å². The van der Waals surface area contributed by atoms with Gasteiger partial charge in [0.1, 0.15) is 11.5 Å². The third-order valence-corrected chi connectivity index (χ3v) is 6.67. The Bertz CT molecular complexity index is 1270. The maximum atomic E-state index is 13.2. The first-order chi connectivity index (χ1) is 16.3. The minimum absolute atomic E-state index is 0.0725. The van der Waals surface area contributed by atoms with E-state index in [-0.39, 0.29) is 34.2 Å². The molecule has 176 valence electrons. The molecule has 1 aliphatic heterocycles. The molecule has 0 aliphatic carbocycles. The molecule has 1 unspecified atom stereocenters. The first kappa shape index (κ1) is 23.7. The molecule has 4 rings (SSSR count). The van der Waals surface area contributed by atoms with E-state index < -0.39 is 23.5 Å². The Kier molecular flexibility index (Phi) is 6.81. The van der Waals surface area contributed by atoms with Gasteiger partial charge in [0.25, 0.3) is 11.7 Å². The first-order valence-electron chi connectivity index (χ1n) is 10.5. The maximum Gasteiger partial charge on any atom is 0.295 e. The van der Waals surface area contributed by atoms with E-state index in [1.165, 1.54) is 35.5 Å². The Labute approximate surface area is 205 Å². The second-order valence-corrected chi connectivity index (χ2v) is 8.95. The van der Waals surface area contributed by atoms with Gasteiger partial charge in [-0.05, 0) is 54.3 Å². The number of aliphatic hydroxyl groups is 1. The number of halogens is 1. The van der Waals surface area contributed by atoms with Gasteiger partial charge in [-0.2, -0.15) is 0 Å². The molecule has 9 heteroatoms. The van der Waals surface area contributed by atoms with Gasteiger partial charge in [0.15, 0.2) is 11.5 Å². The van der Waals surface area contributed by atoms with Gasteiger partial charge >= 0.3 is 0 Å². The van der Waals surface area contributed by atoms with Gasteiger partial charge in [-0.25, -0.2) is 0 Å². The average Bonchev–Trinajstić information content (AvgIpc) is 3.43. The standard InChI is InChI=1S/C25H22ClNO6S/c1-3-33-20-11-14(6-9-19(20)28)22-21(23(29)17-12-15(32-2)7-8-18(17)26)24(30)25(31)27(22)13-16-5-4-10-34-16/h4-12,22,28-29H,3,13H2,1-2H3/b23-21+. The van der Waals surface area contributed by atoms with E-state index in [0.717, 1.165) is 4.88 Å². The fourth-order valence-electron chi connectivity index (χ4n) is 3.89. The number of Topliss-reactive ketones (excluding diaryl/α,β-unsaturated/α-hetero) is 1. The smallest absolute Gasteiger partial charge is 0.295 e. The second kappa shape index (κ2) is 9.79. The maximum absolute atomic E-state index is 13.2. The summed E-state index contributed by atoms with van der Waals surface area (Å²) in [5.74, 6) is -1.42. The predicted molar refractivity (Wildman–Crippen MR) is 129 cm³/mol. The van der Waals surface area contributed by atoms with Crippen LogP contribution < -0.4 is 9.47 Å². The third kappa shape index (κ3) is 4.34. The molecule has 0 bridgehead atoms. The van der Waals surface area contributed by atoms with Gasteiger partial charge in [-0.3, -0.25) is 9.59 Å². The number of carbonyl (C=O) groups excluding carboxylic acids is 2. The number of nitrogens with zero attached hydrogens (tertiary/aromatic N) is 1. The molecule has 2 aromatic carbocycles. The molecule has 1 saturated heterocycles. The van der Waals surface area contributed by atoms with E-state index in [2.05, 4.69) is 0 Å². The number of phenols is 1. The van der Waals surface area contributed by atoms with Crippen LogP contribution in [-0.4, -0.2) is 40.5 Å². The summed E-state index contributed by atoms with van der Waals surface area (Å²) < 4.78 is 10.7.